The second-order valence-electron chi connectivity index (χ2n) is 6.84. The molecule has 0 radical (unpaired) electrons. The summed E-state index contributed by atoms with van der Waals surface area (Å²) in [6.07, 6.45) is 5.23. The van der Waals surface area contributed by atoms with Gasteiger partial charge in [0.2, 0.25) is 10.0 Å². The molecule has 28 heavy (non-hydrogen) atoms. The van der Waals surface area contributed by atoms with E-state index in [1.807, 2.05) is 6.92 Å². The number of halogens is 1. The zero-order chi connectivity index (χ0) is 20.5. The van der Waals surface area contributed by atoms with E-state index < -0.39 is 16.2 Å². The van der Waals surface area contributed by atoms with Crippen LogP contribution in [0, 0.1) is 0 Å². The van der Waals surface area contributed by atoms with E-state index in [0.29, 0.717) is 34.6 Å². The third-order valence-electron chi connectivity index (χ3n) is 4.52. The van der Waals surface area contributed by atoms with E-state index >= 15 is 0 Å². The molecule has 1 N–H and O–H groups in total. The van der Waals surface area contributed by atoms with Gasteiger partial charge in [-0.15, -0.1) is 0 Å². The fourth-order valence-electron chi connectivity index (χ4n) is 3.27. The molecule has 1 aromatic rings. The van der Waals surface area contributed by atoms with Crippen molar-refractivity contribution in [2.75, 3.05) is 11.0 Å². The van der Waals surface area contributed by atoms with Gasteiger partial charge in [-0.1, -0.05) is 31.2 Å². The Morgan fingerprint density at radius 2 is 2.07 bits per heavy atom. The van der Waals surface area contributed by atoms with Gasteiger partial charge in [-0.2, -0.15) is 0 Å². The Morgan fingerprint density at radius 3 is 2.75 bits per heavy atom. The molecular formula is C21H22FNO4S. The van der Waals surface area contributed by atoms with Crippen molar-refractivity contribution in [2.45, 2.75) is 32.9 Å². The number of hydrogen-bond acceptors (Lipinski definition) is 4. The highest BCUT2D eigenvalue weighted by Crippen LogP contribution is 2.43. The Balaban J connectivity index is 2.09. The smallest absolute Gasteiger partial charge is 0.310 e. The molecule has 3 rings (SSSR count). The molecule has 0 amide bonds. The zero-order valence-corrected chi connectivity index (χ0v) is 16.8. The lowest BCUT2D eigenvalue weighted by Gasteiger charge is -2.20. The second kappa shape index (κ2) is 7.75. The van der Waals surface area contributed by atoms with Crippen LogP contribution in [0.25, 0.3) is 6.08 Å². The molecule has 0 bridgehead atoms. The van der Waals surface area contributed by atoms with Crippen LogP contribution in [-0.2, 0) is 19.6 Å². The normalized spacial score (nSPS) is 20.6. The number of benzene rings is 1. The zero-order valence-electron chi connectivity index (χ0n) is 16.0. The summed E-state index contributed by atoms with van der Waals surface area (Å²) in [7, 11) is -3.49. The average molecular weight is 403 g/mol. The van der Waals surface area contributed by atoms with Crippen LogP contribution in [-0.4, -0.2) is 26.8 Å². The minimum absolute atomic E-state index is 0.217. The SMILES string of the molecule is CCC(=O)OC1=C(C)CC2=C1C(=Cc1ccccc1NS(C)(=O)=O)C(F)C=C2. The Labute approximate surface area is 164 Å². The van der Waals surface area contributed by atoms with E-state index in [1.54, 1.807) is 43.3 Å². The lowest BCUT2D eigenvalue weighted by Crippen LogP contribution is -2.14. The predicted molar refractivity (Wildman–Crippen MR) is 108 cm³/mol. The first-order chi connectivity index (χ1) is 13.2. The van der Waals surface area contributed by atoms with Crippen LogP contribution in [0.3, 0.4) is 0 Å². The highest BCUT2D eigenvalue weighted by atomic mass is 32.2. The maximum atomic E-state index is 14.9. The number of para-hydroxylation sites is 1. The van der Waals surface area contributed by atoms with E-state index in [0.717, 1.165) is 17.4 Å². The van der Waals surface area contributed by atoms with Crippen LogP contribution < -0.4 is 4.72 Å². The summed E-state index contributed by atoms with van der Waals surface area (Å²) >= 11 is 0. The number of alkyl halides is 1. The number of carbonyl (C=O) groups excluding carboxylic acids is 1. The lowest BCUT2D eigenvalue weighted by molar-refractivity contribution is -0.138. The van der Waals surface area contributed by atoms with Gasteiger partial charge >= 0.3 is 5.97 Å². The first-order valence-electron chi connectivity index (χ1n) is 8.94. The van der Waals surface area contributed by atoms with Gasteiger partial charge in [0.1, 0.15) is 11.9 Å². The largest absolute Gasteiger partial charge is 0.426 e. The molecule has 2 aliphatic carbocycles. The van der Waals surface area contributed by atoms with Crippen LogP contribution >= 0.6 is 0 Å². The van der Waals surface area contributed by atoms with Gasteiger partial charge in [-0.3, -0.25) is 9.52 Å². The molecular weight excluding hydrogens is 381 g/mol. The van der Waals surface area contributed by atoms with Crippen LogP contribution in [0.15, 0.2) is 64.5 Å². The molecule has 1 unspecified atom stereocenters. The Hall–Kier alpha value is -2.67. The molecule has 0 heterocycles. The summed E-state index contributed by atoms with van der Waals surface area (Å²) in [5.41, 5.74) is 3.54. The monoisotopic (exact) mass is 403 g/mol. The molecule has 1 atom stereocenters. The summed E-state index contributed by atoms with van der Waals surface area (Å²) < 4.78 is 46.1. The van der Waals surface area contributed by atoms with Crippen LogP contribution in [0.1, 0.15) is 32.3 Å². The molecule has 0 spiro atoms. The van der Waals surface area contributed by atoms with Crippen molar-refractivity contribution in [1.29, 1.82) is 0 Å². The number of allylic oxidation sites excluding steroid dienone is 5. The predicted octanol–water partition coefficient (Wildman–Crippen LogP) is 4.28. The summed E-state index contributed by atoms with van der Waals surface area (Å²) in [6, 6.07) is 6.76. The number of carbonyl (C=O) groups is 1. The summed E-state index contributed by atoms with van der Waals surface area (Å²) in [4.78, 5) is 11.9. The summed E-state index contributed by atoms with van der Waals surface area (Å²) in [5, 5.41) is 0. The number of rotatable bonds is 5. The highest BCUT2D eigenvalue weighted by molar-refractivity contribution is 7.92. The molecule has 1 aromatic carbocycles. The molecule has 5 nitrogen and oxygen atoms in total. The molecule has 2 aliphatic rings. The number of ether oxygens (including phenoxy) is 1. The number of anilines is 1. The molecule has 0 aromatic heterocycles. The van der Waals surface area contributed by atoms with E-state index in [-0.39, 0.29) is 12.4 Å². The van der Waals surface area contributed by atoms with Gasteiger partial charge in [0.15, 0.2) is 0 Å². The van der Waals surface area contributed by atoms with Crippen LogP contribution in [0.5, 0.6) is 0 Å². The first-order valence-corrected chi connectivity index (χ1v) is 10.8. The molecule has 0 saturated heterocycles. The minimum atomic E-state index is -3.49. The van der Waals surface area contributed by atoms with E-state index in [9.17, 15) is 17.6 Å². The van der Waals surface area contributed by atoms with Gasteiger partial charge in [0.05, 0.1) is 11.9 Å². The third kappa shape index (κ3) is 4.25. The molecule has 0 aliphatic heterocycles. The van der Waals surface area contributed by atoms with Crippen molar-refractivity contribution in [1.82, 2.24) is 0 Å². The maximum Gasteiger partial charge on any atom is 0.310 e. The van der Waals surface area contributed by atoms with Crippen molar-refractivity contribution >= 4 is 27.8 Å². The van der Waals surface area contributed by atoms with Crippen molar-refractivity contribution in [3.8, 4) is 0 Å². The fourth-order valence-corrected chi connectivity index (χ4v) is 3.86. The Morgan fingerprint density at radius 1 is 1.36 bits per heavy atom. The first kappa shape index (κ1) is 20.1. The van der Waals surface area contributed by atoms with Gasteiger partial charge in [-0.05, 0) is 48.3 Å². The van der Waals surface area contributed by atoms with Gasteiger partial charge in [0, 0.05) is 17.6 Å². The van der Waals surface area contributed by atoms with Crippen LogP contribution in [0.4, 0.5) is 10.1 Å². The third-order valence-corrected chi connectivity index (χ3v) is 5.11. The van der Waals surface area contributed by atoms with Crippen molar-refractivity contribution in [3.63, 3.8) is 0 Å². The van der Waals surface area contributed by atoms with E-state index in [2.05, 4.69) is 4.72 Å². The Bertz CT molecular complexity index is 1050. The van der Waals surface area contributed by atoms with Crippen molar-refractivity contribution in [3.05, 3.63) is 70.0 Å². The van der Waals surface area contributed by atoms with E-state index in [1.165, 1.54) is 6.08 Å². The van der Waals surface area contributed by atoms with Gasteiger partial charge in [0.25, 0.3) is 0 Å². The molecule has 7 heteroatoms. The number of hydrogen-bond donors (Lipinski definition) is 1. The van der Waals surface area contributed by atoms with Gasteiger partial charge in [-0.25, -0.2) is 12.8 Å². The Kier molecular flexibility index (Phi) is 5.56. The number of esters is 1. The van der Waals surface area contributed by atoms with E-state index in [4.69, 9.17) is 4.74 Å². The molecule has 0 saturated carbocycles. The standard InChI is InChI=1S/C21H22FNO4S/c1-4-19(24)27-21-13(2)11-15-9-10-17(22)16(20(15)21)12-14-7-5-6-8-18(14)23-28(3,25)26/h5-10,12,17,23H,4,11H2,1-3H3. The van der Waals surface area contributed by atoms with Crippen molar-refractivity contribution < 1.29 is 22.3 Å². The lowest BCUT2D eigenvalue weighted by atomic mass is 9.90. The molecule has 148 valence electrons. The summed E-state index contributed by atoms with van der Waals surface area (Å²) in [5.74, 6) is 0.0141. The molecule has 0 fully saturated rings. The summed E-state index contributed by atoms with van der Waals surface area (Å²) in [6.45, 7) is 3.56. The topological polar surface area (TPSA) is 72.5 Å². The number of sulfonamides is 1. The van der Waals surface area contributed by atoms with Gasteiger partial charge < -0.3 is 4.74 Å². The quantitative estimate of drug-likeness (QED) is 0.745. The van der Waals surface area contributed by atoms with Crippen molar-refractivity contribution in [2.24, 2.45) is 0 Å². The highest BCUT2D eigenvalue weighted by Gasteiger charge is 2.32. The van der Waals surface area contributed by atoms with Crippen LogP contribution in [0.2, 0.25) is 0 Å². The average Bonchev–Trinajstić information content (AvgIpc) is 2.93. The number of nitrogens with one attached hydrogen (secondary N) is 1. The second-order valence-corrected chi connectivity index (χ2v) is 8.58. The minimum Gasteiger partial charge on any atom is -0.426 e. The fraction of sp³-hybridized carbons (Fsp3) is 0.286. The maximum absolute atomic E-state index is 14.9.